The fourth-order valence-corrected chi connectivity index (χ4v) is 1.72. The number of hydrogen-bond donors (Lipinski definition) is 3. The van der Waals surface area contributed by atoms with E-state index in [4.69, 9.17) is 5.11 Å². The number of carbonyl (C=O) groups excluding carboxylic acids is 1. The van der Waals surface area contributed by atoms with Gasteiger partial charge in [0, 0.05) is 6.04 Å². The molecule has 0 aliphatic carbocycles. The van der Waals surface area contributed by atoms with Gasteiger partial charge < -0.3 is 9.84 Å². The molecule has 0 bridgehead atoms. The van der Waals surface area contributed by atoms with E-state index in [1.807, 2.05) is 4.72 Å². The van der Waals surface area contributed by atoms with Crippen LogP contribution in [0.25, 0.3) is 0 Å². The normalized spacial score (nSPS) is 12.9. The monoisotopic (exact) mass is 240 g/mol. The van der Waals surface area contributed by atoms with Crippen molar-refractivity contribution in [2.24, 2.45) is 0 Å². The van der Waals surface area contributed by atoms with Crippen LogP contribution in [0, 0.1) is 0 Å². The van der Waals surface area contributed by atoms with Crippen molar-refractivity contribution < 1.29 is 27.9 Å². The lowest BCUT2D eigenvalue weighted by Gasteiger charge is -2.11. The predicted molar refractivity (Wildman–Crippen MR) is 49.3 cm³/mol. The Morgan fingerprint density at radius 1 is 1.47 bits per heavy atom. The summed E-state index contributed by atoms with van der Waals surface area (Å²) in [6.45, 7) is 1.35. The first-order valence-electron chi connectivity index (χ1n) is 3.86. The number of ether oxygens (including phenoxy) is 1. The zero-order chi connectivity index (χ0) is 12.1. The van der Waals surface area contributed by atoms with E-state index in [0.717, 1.165) is 7.11 Å². The lowest BCUT2D eigenvalue weighted by Crippen LogP contribution is -2.44. The number of rotatable bonds is 5. The van der Waals surface area contributed by atoms with Gasteiger partial charge in [0.15, 0.2) is 0 Å². The van der Waals surface area contributed by atoms with Crippen LogP contribution in [0.3, 0.4) is 0 Å². The van der Waals surface area contributed by atoms with E-state index in [-0.39, 0.29) is 6.42 Å². The van der Waals surface area contributed by atoms with Crippen molar-refractivity contribution in [3.05, 3.63) is 0 Å². The molecule has 3 N–H and O–H groups in total. The lowest BCUT2D eigenvalue weighted by atomic mass is 10.3. The first-order valence-corrected chi connectivity index (χ1v) is 5.35. The number of carboxylic acid groups (broad SMARTS) is 1. The van der Waals surface area contributed by atoms with E-state index in [1.165, 1.54) is 11.6 Å². The van der Waals surface area contributed by atoms with E-state index in [2.05, 4.69) is 4.74 Å². The second-order valence-electron chi connectivity index (χ2n) is 2.71. The van der Waals surface area contributed by atoms with Crippen molar-refractivity contribution >= 4 is 22.3 Å². The predicted octanol–water partition coefficient (Wildman–Crippen LogP) is -0.960. The molecule has 0 radical (unpaired) electrons. The van der Waals surface area contributed by atoms with Gasteiger partial charge in [-0.1, -0.05) is 0 Å². The molecule has 0 saturated carbocycles. The minimum Gasteiger partial charge on any atom is -0.481 e. The maximum Gasteiger partial charge on any atom is 0.421 e. The van der Waals surface area contributed by atoms with E-state index >= 15 is 0 Å². The standard InChI is InChI=1S/C6H12N2O6S/c1-4(3-5(9)10)7-15(12,13)8-6(11)14-2/h4,7H,3H2,1-2H3,(H,8,11)(H,9,10). The van der Waals surface area contributed by atoms with Gasteiger partial charge in [-0.15, -0.1) is 0 Å². The van der Waals surface area contributed by atoms with Gasteiger partial charge in [-0.25, -0.2) is 9.52 Å². The van der Waals surface area contributed by atoms with Gasteiger partial charge in [0.2, 0.25) is 0 Å². The molecule has 0 aromatic heterocycles. The molecule has 1 amide bonds. The Balaban J connectivity index is 4.26. The Labute approximate surface area is 86.8 Å². The molecule has 0 aliphatic rings. The second kappa shape index (κ2) is 5.51. The highest BCUT2D eigenvalue weighted by atomic mass is 32.2. The Morgan fingerprint density at radius 2 is 2.00 bits per heavy atom. The van der Waals surface area contributed by atoms with Crippen molar-refractivity contribution in [1.29, 1.82) is 0 Å². The Morgan fingerprint density at radius 3 is 2.40 bits per heavy atom. The summed E-state index contributed by atoms with van der Waals surface area (Å²) in [7, 11) is -3.07. The molecule has 0 spiro atoms. The van der Waals surface area contributed by atoms with Crippen molar-refractivity contribution in [2.45, 2.75) is 19.4 Å². The van der Waals surface area contributed by atoms with Gasteiger partial charge in [0.1, 0.15) is 0 Å². The molecule has 0 aromatic rings. The van der Waals surface area contributed by atoms with Crippen LogP contribution >= 0.6 is 0 Å². The number of hydrogen-bond acceptors (Lipinski definition) is 5. The number of methoxy groups -OCH3 is 1. The zero-order valence-electron chi connectivity index (χ0n) is 8.18. The number of carbonyl (C=O) groups is 2. The van der Waals surface area contributed by atoms with Crippen molar-refractivity contribution in [3.63, 3.8) is 0 Å². The second-order valence-corrected chi connectivity index (χ2v) is 4.16. The van der Waals surface area contributed by atoms with Gasteiger partial charge in [-0.3, -0.25) is 4.79 Å². The van der Waals surface area contributed by atoms with Crippen molar-refractivity contribution in [1.82, 2.24) is 9.44 Å². The third-order valence-corrected chi connectivity index (χ3v) is 2.39. The quantitative estimate of drug-likeness (QED) is 0.569. The summed E-state index contributed by atoms with van der Waals surface area (Å²) in [4.78, 5) is 20.8. The summed E-state index contributed by atoms with van der Waals surface area (Å²) >= 11 is 0. The van der Waals surface area contributed by atoms with Gasteiger partial charge >= 0.3 is 22.3 Å². The SMILES string of the molecule is COC(=O)NS(=O)(=O)NC(C)CC(=O)O. The first kappa shape index (κ1) is 13.7. The molecule has 88 valence electrons. The van der Waals surface area contributed by atoms with Gasteiger partial charge in [0.25, 0.3) is 0 Å². The van der Waals surface area contributed by atoms with E-state index in [1.54, 1.807) is 0 Å². The van der Waals surface area contributed by atoms with Crippen LogP contribution < -0.4 is 9.44 Å². The summed E-state index contributed by atoms with van der Waals surface area (Å²) in [5.41, 5.74) is 0. The number of amides is 1. The highest BCUT2D eigenvalue weighted by Crippen LogP contribution is 1.92. The highest BCUT2D eigenvalue weighted by Gasteiger charge is 2.18. The lowest BCUT2D eigenvalue weighted by molar-refractivity contribution is -0.137. The van der Waals surface area contributed by atoms with Crippen molar-refractivity contribution in [2.75, 3.05) is 7.11 Å². The summed E-state index contributed by atoms with van der Waals surface area (Å²) < 4.78 is 29.7. The Hall–Kier alpha value is -1.35. The van der Waals surface area contributed by atoms with Gasteiger partial charge in [-0.05, 0) is 6.92 Å². The van der Waals surface area contributed by atoms with Crippen LogP contribution in [0.2, 0.25) is 0 Å². The molecule has 0 rings (SSSR count). The van der Waals surface area contributed by atoms with Gasteiger partial charge in [0.05, 0.1) is 13.5 Å². The van der Waals surface area contributed by atoms with Crippen molar-refractivity contribution in [3.8, 4) is 0 Å². The maximum absolute atomic E-state index is 11.1. The summed E-state index contributed by atoms with van der Waals surface area (Å²) in [6, 6.07) is -0.829. The van der Waals surface area contributed by atoms with Gasteiger partial charge in [-0.2, -0.15) is 13.1 Å². The molecular weight excluding hydrogens is 228 g/mol. The van der Waals surface area contributed by atoms with Crippen LogP contribution in [-0.4, -0.2) is 38.7 Å². The molecule has 8 nitrogen and oxygen atoms in total. The fraction of sp³-hybridized carbons (Fsp3) is 0.667. The smallest absolute Gasteiger partial charge is 0.421 e. The number of nitrogens with one attached hydrogen (secondary N) is 2. The van der Waals surface area contributed by atoms with E-state index in [9.17, 15) is 18.0 Å². The summed E-state index contributed by atoms with van der Waals surface area (Å²) in [6.07, 6.45) is -1.53. The maximum atomic E-state index is 11.1. The molecule has 9 heteroatoms. The molecule has 1 unspecified atom stereocenters. The van der Waals surface area contributed by atoms with Crippen LogP contribution in [0.1, 0.15) is 13.3 Å². The third kappa shape index (κ3) is 6.69. The zero-order valence-corrected chi connectivity index (χ0v) is 9.00. The molecule has 0 aromatic carbocycles. The Bertz CT molecular complexity index is 338. The highest BCUT2D eigenvalue weighted by molar-refractivity contribution is 7.88. The average molecular weight is 240 g/mol. The van der Waals surface area contributed by atoms with Crippen LogP contribution in [0.15, 0.2) is 0 Å². The Kier molecular flexibility index (Phi) is 5.02. The molecule has 0 heterocycles. The fourth-order valence-electron chi connectivity index (χ4n) is 0.749. The number of carboxylic acids is 1. The number of aliphatic carboxylic acids is 1. The molecule has 0 aliphatic heterocycles. The molecule has 0 saturated heterocycles. The summed E-state index contributed by atoms with van der Waals surface area (Å²) in [5, 5.41) is 8.36. The average Bonchev–Trinajstić information content (AvgIpc) is 1.99. The first-order chi connectivity index (χ1) is 6.76. The van der Waals surface area contributed by atoms with E-state index in [0.29, 0.717) is 0 Å². The topological polar surface area (TPSA) is 122 Å². The molecule has 15 heavy (non-hydrogen) atoms. The third-order valence-electron chi connectivity index (χ3n) is 1.24. The van der Waals surface area contributed by atoms with Crippen LogP contribution in [0.4, 0.5) is 4.79 Å². The van der Waals surface area contributed by atoms with E-state index < -0.39 is 28.3 Å². The molecular formula is C6H12N2O6S. The minimum atomic E-state index is -4.08. The molecule has 1 atom stereocenters. The van der Waals surface area contributed by atoms with Crippen LogP contribution in [-0.2, 0) is 19.7 Å². The molecule has 0 fully saturated rings. The largest absolute Gasteiger partial charge is 0.481 e. The van der Waals surface area contributed by atoms with Crippen LogP contribution in [0.5, 0.6) is 0 Å². The minimum absolute atomic E-state index is 0.387. The summed E-state index contributed by atoms with van der Waals surface area (Å²) in [5.74, 6) is -1.15.